The molecule has 0 aromatic rings. The molecule has 0 spiro atoms. The number of nitrogens with one attached hydrogen (secondary N) is 2. The van der Waals surface area contributed by atoms with Gasteiger partial charge in [0.25, 0.3) is 5.91 Å². The molecule has 0 radical (unpaired) electrons. The van der Waals surface area contributed by atoms with Crippen LogP contribution in [0.2, 0.25) is 0 Å². The molecule has 0 aliphatic heterocycles. The molecule has 2 amide bonds. The van der Waals surface area contributed by atoms with Gasteiger partial charge in [0.1, 0.15) is 6.10 Å². The number of hydrogen-bond donors (Lipinski definition) is 2. The molecule has 1 rings (SSSR count). The number of carbonyl (C=O) groups excluding carboxylic acids is 2. The fourth-order valence-electron chi connectivity index (χ4n) is 2.61. The molecule has 0 bridgehead atoms. The number of ether oxygens (including phenoxy) is 1. The van der Waals surface area contributed by atoms with Crippen LogP contribution in [0, 0.1) is 0 Å². The molecule has 0 heterocycles. The van der Waals surface area contributed by atoms with Crippen molar-refractivity contribution < 1.29 is 14.3 Å². The van der Waals surface area contributed by atoms with Gasteiger partial charge in [-0.25, -0.2) is 0 Å². The third kappa shape index (κ3) is 5.06. The van der Waals surface area contributed by atoms with Gasteiger partial charge in [-0.2, -0.15) is 0 Å². The normalized spacial score (nSPS) is 23.6. The van der Waals surface area contributed by atoms with Crippen LogP contribution in [-0.2, 0) is 14.3 Å². The second-order valence-electron chi connectivity index (χ2n) is 5.38. The molecule has 0 saturated carbocycles. The van der Waals surface area contributed by atoms with Crippen LogP contribution in [-0.4, -0.2) is 61.6 Å². The van der Waals surface area contributed by atoms with Gasteiger partial charge in [-0.15, -0.1) is 0 Å². The van der Waals surface area contributed by atoms with Crippen LogP contribution in [0.5, 0.6) is 0 Å². The van der Waals surface area contributed by atoms with Gasteiger partial charge >= 0.3 is 0 Å². The molecule has 1 aliphatic rings. The number of hydrogen-bond acceptors (Lipinski definition) is 4. The van der Waals surface area contributed by atoms with Gasteiger partial charge in [0.05, 0.1) is 0 Å². The van der Waals surface area contributed by atoms with Crippen molar-refractivity contribution in [3.63, 3.8) is 0 Å². The maximum atomic E-state index is 12.8. The van der Waals surface area contributed by atoms with Crippen LogP contribution >= 0.6 is 11.6 Å². The summed E-state index contributed by atoms with van der Waals surface area (Å²) < 4.78 is 5.37. The summed E-state index contributed by atoms with van der Waals surface area (Å²) in [5, 5.41) is 5.94. The van der Waals surface area contributed by atoms with Crippen LogP contribution in [0.1, 0.15) is 20.8 Å². The lowest BCUT2D eigenvalue weighted by Gasteiger charge is -2.37. The molecule has 130 valence electrons. The van der Waals surface area contributed by atoms with Crippen LogP contribution in [0.3, 0.4) is 0 Å². The Morgan fingerprint density at radius 2 is 2.04 bits per heavy atom. The molecular formula is C16H26ClN3O3. The average Bonchev–Trinajstić information content (AvgIpc) is 2.50. The monoisotopic (exact) mass is 343 g/mol. The molecule has 7 heteroatoms. The summed E-state index contributed by atoms with van der Waals surface area (Å²) in [5.74, 6) is -0.670. The minimum absolute atomic E-state index is 0.332. The van der Waals surface area contributed by atoms with E-state index in [9.17, 15) is 9.59 Å². The van der Waals surface area contributed by atoms with Crippen LogP contribution < -0.4 is 10.6 Å². The number of nitrogens with zero attached hydrogens (tertiary/aromatic N) is 1. The Bertz CT molecular complexity index is 489. The summed E-state index contributed by atoms with van der Waals surface area (Å²) in [6, 6.07) is 0. The van der Waals surface area contributed by atoms with E-state index >= 15 is 0 Å². The summed E-state index contributed by atoms with van der Waals surface area (Å²) >= 11 is 6.06. The van der Waals surface area contributed by atoms with E-state index in [4.69, 9.17) is 16.3 Å². The Kier molecular flexibility index (Phi) is 7.75. The van der Waals surface area contributed by atoms with E-state index in [0.29, 0.717) is 11.6 Å². The molecule has 23 heavy (non-hydrogen) atoms. The van der Waals surface area contributed by atoms with Crippen molar-refractivity contribution in [2.24, 2.45) is 0 Å². The first-order chi connectivity index (χ1) is 10.9. The predicted molar refractivity (Wildman–Crippen MR) is 91.2 cm³/mol. The highest BCUT2D eigenvalue weighted by Crippen LogP contribution is 2.26. The molecular weight excluding hydrogens is 318 g/mol. The summed E-state index contributed by atoms with van der Waals surface area (Å²) in [7, 11) is 1.49. The standard InChI is InChI=1S/C16H26ClN3O3/c1-5-20(6-2)10-9-18-15(22)16(19-12(3)21)11-13(17)7-8-14(16)23-4/h7-8,11,14H,5-6,9-10H2,1-4H3,(H,18,22)(H,19,21). The fraction of sp³-hybridized carbons (Fsp3) is 0.625. The number of likely N-dealkylation sites (N-methyl/N-ethyl adjacent to an activating group) is 1. The zero-order valence-electron chi connectivity index (χ0n) is 14.2. The highest BCUT2D eigenvalue weighted by atomic mass is 35.5. The lowest BCUT2D eigenvalue weighted by atomic mass is 9.86. The zero-order valence-corrected chi connectivity index (χ0v) is 14.9. The van der Waals surface area contributed by atoms with E-state index in [2.05, 4.69) is 29.4 Å². The van der Waals surface area contributed by atoms with E-state index in [1.807, 2.05) is 0 Å². The van der Waals surface area contributed by atoms with Crippen molar-refractivity contribution in [3.05, 3.63) is 23.3 Å². The molecule has 0 aromatic carbocycles. The van der Waals surface area contributed by atoms with Crippen molar-refractivity contribution in [1.82, 2.24) is 15.5 Å². The van der Waals surface area contributed by atoms with Gasteiger partial charge < -0.3 is 20.3 Å². The van der Waals surface area contributed by atoms with Crippen molar-refractivity contribution >= 4 is 23.4 Å². The molecule has 0 fully saturated rings. The van der Waals surface area contributed by atoms with Crippen molar-refractivity contribution in [2.75, 3.05) is 33.3 Å². The van der Waals surface area contributed by atoms with Gasteiger partial charge in [0, 0.05) is 32.2 Å². The van der Waals surface area contributed by atoms with Gasteiger partial charge in [0.15, 0.2) is 5.54 Å². The fourth-order valence-corrected chi connectivity index (χ4v) is 2.85. The van der Waals surface area contributed by atoms with Crippen LogP contribution in [0.15, 0.2) is 23.3 Å². The molecule has 0 aromatic heterocycles. The Hall–Kier alpha value is -1.37. The molecule has 2 N–H and O–H groups in total. The quantitative estimate of drug-likeness (QED) is 0.690. The van der Waals surface area contributed by atoms with Gasteiger partial charge in [-0.3, -0.25) is 9.59 Å². The maximum absolute atomic E-state index is 12.8. The first-order valence-electron chi connectivity index (χ1n) is 7.78. The molecule has 2 atom stereocenters. The first kappa shape index (κ1) is 19.7. The van der Waals surface area contributed by atoms with E-state index in [0.717, 1.165) is 19.6 Å². The Balaban J connectivity index is 2.90. The minimum atomic E-state index is -1.34. The van der Waals surface area contributed by atoms with E-state index in [-0.39, 0.29) is 11.8 Å². The SMILES string of the molecule is CCN(CC)CCNC(=O)C1(NC(C)=O)C=C(Cl)C=CC1OC. The topological polar surface area (TPSA) is 70.7 Å². The third-order valence-electron chi connectivity index (χ3n) is 3.87. The summed E-state index contributed by atoms with van der Waals surface area (Å²) in [5.41, 5.74) is -1.34. The number of amides is 2. The maximum Gasteiger partial charge on any atom is 0.253 e. The first-order valence-corrected chi connectivity index (χ1v) is 8.16. The van der Waals surface area contributed by atoms with Crippen molar-refractivity contribution in [1.29, 1.82) is 0 Å². The Morgan fingerprint density at radius 3 is 2.57 bits per heavy atom. The summed E-state index contributed by atoms with van der Waals surface area (Å²) in [4.78, 5) is 26.6. The second kappa shape index (κ2) is 9.05. The van der Waals surface area contributed by atoms with Gasteiger partial charge in [0.2, 0.25) is 5.91 Å². The molecule has 6 nitrogen and oxygen atoms in total. The number of halogens is 1. The van der Waals surface area contributed by atoms with E-state index < -0.39 is 11.6 Å². The number of carbonyl (C=O) groups is 2. The van der Waals surface area contributed by atoms with Crippen LogP contribution in [0.4, 0.5) is 0 Å². The molecule has 1 aliphatic carbocycles. The predicted octanol–water partition coefficient (Wildman–Crippen LogP) is 1.03. The smallest absolute Gasteiger partial charge is 0.253 e. The van der Waals surface area contributed by atoms with Crippen molar-refractivity contribution in [2.45, 2.75) is 32.4 Å². The summed E-state index contributed by atoms with van der Waals surface area (Å²) in [6.07, 6.45) is 4.22. The van der Waals surface area contributed by atoms with Crippen LogP contribution in [0.25, 0.3) is 0 Å². The summed E-state index contributed by atoms with van der Waals surface area (Å²) in [6.45, 7) is 8.54. The highest BCUT2D eigenvalue weighted by molar-refractivity contribution is 6.31. The third-order valence-corrected chi connectivity index (χ3v) is 4.10. The molecule has 0 saturated heterocycles. The lowest BCUT2D eigenvalue weighted by molar-refractivity contribution is -0.135. The second-order valence-corrected chi connectivity index (χ2v) is 5.81. The average molecular weight is 344 g/mol. The number of allylic oxidation sites excluding steroid dienone is 2. The number of methoxy groups -OCH3 is 1. The lowest BCUT2D eigenvalue weighted by Crippen LogP contribution is -2.65. The van der Waals surface area contributed by atoms with Crippen molar-refractivity contribution in [3.8, 4) is 0 Å². The Labute approximate surface area is 142 Å². The highest BCUT2D eigenvalue weighted by Gasteiger charge is 2.45. The Morgan fingerprint density at radius 1 is 1.39 bits per heavy atom. The van der Waals surface area contributed by atoms with E-state index in [1.54, 1.807) is 12.2 Å². The largest absolute Gasteiger partial charge is 0.374 e. The zero-order chi connectivity index (χ0) is 17.5. The minimum Gasteiger partial charge on any atom is -0.374 e. The van der Waals surface area contributed by atoms with Gasteiger partial charge in [-0.05, 0) is 25.2 Å². The van der Waals surface area contributed by atoms with E-state index in [1.165, 1.54) is 20.1 Å². The number of rotatable bonds is 8. The molecule has 2 unspecified atom stereocenters. The van der Waals surface area contributed by atoms with Gasteiger partial charge in [-0.1, -0.05) is 31.5 Å².